The lowest BCUT2D eigenvalue weighted by Gasteiger charge is -2.33. The minimum atomic E-state index is -1.02. The number of furan rings is 1. The highest BCUT2D eigenvalue weighted by atomic mass is 16.5. The molecule has 2 aromatic carbocycles. The molecule has 0 aliphatic carbocycles. The van der Waals surface area contributed by atoms with E-state index in [-0.39, 0.29) is 24.9 Å². The SMILES string of the molecule is COc1cc(OC)cc([C@H](C(=O)NC(C)(C)C)N(Cc2ccco2)C(=O)Cn2nnc3ccccc32)c1. The first-order valence-corrected chi connectivity index (χ1v) is 11.8. The Balaban J connectivity index is 1.80. The van der Waals surface area contributed by atoms with E-state index < -0.39 is 11.6 Å². The van der Waals surface area contributed by atoms with Gasteiger partial charge in [-0.05, 0) is 62.7 Å². The van der Waals surface area contributed by atoms with Crippen LogP contribution in [0, 0.1) is 0 Å². The molecule has 37 heavy (non-hydrogen) atoms. The number of nitrogens with zero attached hydrogens (tertiary/aromatic N) is 4. The average Bonchev–Trinajstić information content (AvgIpc) is 3.52. The number of aromatic nitrogens is 3. The predicted molar refractivity (Wildman–Crippen MR) is 137 cm³/mol. The van der Waals surface area contributed by atoms with Crippen molar-refractivity contribution in [2.24, 2.45) is 0 Å². The van der Waals surface area contributed by atoms with Crippen molar-refractivity contribution in [1.29, 1.82) is 0 Å². The van der Waals surface area contributed by atoms with Crippen LogP contribution in [0.2, 0.25) is 0 Å². The highest BCUT2D eigenvalue weighted by molar-refractivity contribution is 5.89. The molecule has 0 aliphatic heterocycles. The van der Waals surface area contributed by atoms with Crippen molar-refractivity contribution >= 4 is 22.8 Å². The lowest BCUT2D eigenvalue weighted by atomic mass is 10.0. The van der Waals surface area contributed by atoms with Crippen LogP contribution in [0.4, 0.5) is 0 Å². The standard InChI is InChI=1S/C27H31N5O5/c1-27(2,3)28-26(34)25(18-13-20(35-4)15-21(14-18)36-5)31(16-19-9-8-12-37-19)24(33)17-32-23-11-7-6-10-22(23)29-30-32/h6-15,25H,16-17H2,1-5H3,(H,28,34)/t25-/m1/s1. The van der Waals surface area contributed by atoms with Gasteiger partial charge < -0.3 is 24.1 Å². The molecular formula is C27H31N5O5. The molecule has 0 saturated heterocycles. The largest absolute Gasteiger partial charge is 0.497 e. The molecule has 0 bridgehead atoms. The van der Waals surface area contributed by atoms with E-state index in [1.54, 1.807) is 30.3 Å². The van der Waals surface area contributed by atoms with Crippen LogP contribution < -0.4 is 14.8 Å². The molecule has 4 aromatic rings. The molecule has 0 aliphatic rings. The van der Waals surface area contributed by atoms with E-state index >= 15 is 0 Å². The van der Waals surface area contributed by atoms with Crippen LogP contribution in [0.5, 0.6) is 11.5 Å². The normalized spacial score (nSPS) is 12.2. The number of hydrogen-bond acceptors (Lipinski definition) is 7. The highest BCUT2D eigenvalue weighted by Gasteiger charge is 2.35. The van der Waals surface area contributed by atoms with E-state index in [0.29, 0.717) is 33.9 Å². The first-order valence-electron chi connectivity index (χ1n) is 11.8. The van der Waals surface area contributed by atoms with Crippen LogP contribution in [0.15, 0.2) is 65.3 Å². The van der Waals surface area contributed by atoms with Crippen LogP contribution in [0.1, 0.15) is 38.1 Å². The van der Waals surface area contributed by atoms with E-state index in [1.807, 2.05) is 45.0 Å². The topological polar surface area (TPSA) is 112 Å². The van der Waals surface area contributed by atoms with E-state index in [9.17, 15) is 9.59 Å². The number of fused-ring (bicyclic) bond motifs is 1. The third-order valence-electron chi connectivity index (χ3n) is 5.68. The van der Waals surface area contributed by atoms with E-state index in [2.05, 4.69) is 15.6 Å². The zero-order valence-corrected chi connectivity index (χ0v) is 21.6. The summed E-state index contributed by atoms with van der Waals surface area (Å²) < 4.78 is 18.0. The number of hydrogen-bond donors (Lipinski definition) is 1. The maximum atomic E-state index is 13.9. The predicted octanol–water partition coefficient (Wildman–Crippen LogP) is 3.73. The summed E-state index contributed by atoms with van der Waals surface area (Å²) >= 11 is 0. The number of para-hydroxylation sites is 1. The van der Waals surface area contributed by atoms with Crippen molar-refractivity contribution in [3.8, 4) is 11.5 Å². The number of rotatable bonds is 9. The number of carbonyl (C=O) groups is 2. The number of benzene rings is 2. The Labute approximate surface area is 215 Å². The number of ether oxygens (including phenoxy) is 2. The molecule has 2 amide bonds. The Morgan fingerprint density at radius 2 is 1.76 bits per heavy atom. The molecule has 0 unspecified atom stereocenters. The quantitative estimate of drug-likeness (QED) is 0.369. The number of amides is 2. The van der Waals surface area contributed by atoms with Crippen molar-refractivity contribution < 1.29 is 23.5 Å². The summed E-state index contributed by atoms with van der Waals surface area (Å²) in [7, 11) is 3.06. The van der Waals surface area contributed by atoms with Crippen molar-refractivity contribution in [3.63, 3.8) is 0 Å². The second-order valence-electron chi connectivity index (χ2n) is 9.62. The minimum absolute atomic E-state index is 0.0558. The molecule has 194 valence electrons. The summed E-state index contributed by atoms with van der Waals surface area (Å²) in [4.78, 5) is 29.2. The molecule has 10 nitrogen and oxygen atoms in total. The van der Waals surface area contributed by atoms with Crippen molar-refractivity contribution in [1.82, 2.24) is 25.2 Å². The first-order chi connectivity index (χ1) is 17.7. The van der Waals surface area contributed by atoms with Gasteiger partial charge in [-0.1, -0.05) is 17.3 Å². The number of carbonyl (C=O) groups excluding carboxylic acids is 2. The van der Waals surface area contributed by atoms with Gasteiger partial charge in [0.2, 0.25) is 11.8 Å². The summed E-state index contributed by atoms with van der Waals surface area (Å²) in [6.07, 6.45) is 1.53. The Morgan fingerprint density at radius 3 is 2.38 bits per heavy atom. The van der Waals surface area contributed by atoms with Gasteiger partial charge in [0.1, 0.15) is 35.4 Å². The van der Waals surface area contributed by atoms with Crippen LogP contribution in [-0.2, 0) is 22.7 Å². The monoisotopic (exact) mass is 505 g/mol. The molecule has 0 spiro atoms. The molecule has 4 rings (SSSR count). The molecular weight excluding hydrogens is 474 g/mol. The maximum Gasteiger partial charge on any atom is 0.247 e. The first kappa shape index (κ1) is 25.7. The summed E-state index contributed by atoms with van der Waals surface area (Å²) in [6.45, 7) is 5.58. The van der Waals surface area contributed by atoms with Gasteiger partial charge in [-0.2, -0.15) is 0 Å². The third kappa shape index (κ3) is 6.08. The summed E-state index contributed by atoms with van der Waals surface area (Å²) in [5.74, 6) is 0.820. The number of nitrogens with one attached hydrogen (secondary N) is 1. The zero-order valence-electron chi connectivity index (χ0n) is 21.6. The molecule has 0 saturated carbocycles. The van der Waals surface area contributed by atoms with Gasteiger partial charge in [0.05, 0.1) is 32.5 Å². The van der Waals surface area contributed by atoms with Crippen LogP contribution in [-0.4, -0.2) is 51.5 Å². The van der Waals surface area contributed by atoms with Gasteiger partial charge in [0.25, 0.3) is 0 Å². The lowest BCUT2D eigenvalue weighted by molar-refractivity contribution is -0.143. The van der Waals surface area contributed by atoms with Gasteiger partial charge in [-0.15, -0.1) is 5.10 Å². The zero-order chi connectivity index (χ0) is 26.6. The molecule has 1 atom stereocenters. The molecule has 0 fully saturated rings. The van der Waals surface area contributed by atoms with E-state index in [0.717, 1.165) is 0 Å². The Bertz CT molecular complexity index is 1350. The van der Waals surface area contributed by atoms with E-state index in [1.165, 1.54) is 30.1 Å². The van der Waals surface area contributed by atoms with Crippen molar-refractivity contribution in [2.45, 2.75) is 45.4 Å². The second-order valence-corrected chi connectivity index (χ2v) is 9.62. The molecule has 1 N–H and O–H groups in total. The maximum absolute atomic E-state index is 13.9. The Hall–Kier alpha value is -4.34. The third-order valence-corrected chi connectivity index (χ3v) is 5.68. The fraction of sp³-hybridized carbons (Fsp3) is 0.333. The number of methoxy groups -OCH3 is 2. The smallest absolute Gasteiger partial charge is 0.247 e. The van der Waals surface area contributed by atoms with Gasteiger partial charge in [0, 0.05) is 11.6 Å². The Morgan fingerprint density at radius 1 is 1.05 bits per heavy atom. The summed E-state index contributed by atoms with van der Waals surface area (Å²) in [5, 5.41) is 11.3. The van der Waals surface area contributed by atoms with E-state index in [4.69, 9.17) is 13.9 Å². The molecule has 10 heteroatoms. The molecule has 0 radical (unpaired) electrons. The van der Waals surface area contributed by atoms with Gasteiger partial charge >= 0.3 is 0 Å². The fourth-order valence-electron chi connectivity index (χ4n) is 4.05. The van der Waals surface area contributed by atoms with Crippen molar-refractivity contribution in [2.75, 3.05) is 14.2 Å². The van der Waals surface area contributed by atoms with Crippen LogP contribution in [0.25, 0.3) is 11.0 Å². The average molecular weight is 506 g/mol. The lowest BCUT2D eigenvalue weighted by Crippen LogP contribution is -2.49. The highest BCUT2D eigenvalue weighted by Crippen LogP contribution is 2.32. The molecule has 2 heterocycles. The molecule has 2 aromatic heterocycles. The van der Waals surface area contributed by atoms with Crippen LogP contribution >= 0.6 is 0 Å². The van der Waals surface area contributed by atoms with Gasteiger partial charge in [-0.3, -0.25) is 9.59 Å². The van der Waals surface area contributed by atoms with Crippen LogP contribution in [0.3, 0.4) is 0 Å². The van der Waals surface area contributed by atoms with Gasteiger partial charge in [0.15, 0.2) is 0 Å². The second kappa shape index (κ2) is 10.7. The summed E-state index contributed by atoms with van der Waals surface area (Å²) in [5.41, 5.74) is 1.38. The fourth-order valence-corrected chi connectivity index (χ4v) is 4.05. The summed E-state index contributed by atoms with van der Waals surface area (Å²) in [6, 6.07) is 15.0. The van der Waals surface area contributed by atoms with Crippen molar-refractivity contribution in [3.05, 3.63) is 72.2 Å². The Kier molecular flexibility index (Phi) is 7.47. The minimum Gasteiger partial charge on any atom is -0.497 e. The van der Waals surface area contributed by atoms with Gasteiger partial charge in [-0.25, -0.2) is 4.68 Å².